The van der Waals surface area contributed by atoms with E-state index in [4.69, 9.17) is 0 Å². The smallest absolute Gasteiger partial charge is 0.240 e. The Morgan fingerprint density at radius 2 is 2.06 bits per heavy atom. The van der Waals surface area contributed by atoms with Gasteiger partial charge in [0.25, 0.3) is 0 Å². The maximum atomic E-state index is 10.6. The van der Waals surface area contributed by atoms with E-state index in [1.54, 1.807) is 24.3 Å². The van der Waals surface area contributed by atoms with Crippen LogP contribution >= 0.6 is 0 Å². The van der Waals surface area contributed by atoms with Gasteiger partial charge in [-0.05, 0) is 24.3 Å². The Bertz CT molecular complexity index is 488. The molecule has 1 aromatic carbocycles. The molecule has 0 heterocycles. The van der Waals surface area contributed by atoms with Crippen molar-refractivity contribution in [3.8, 4) is 11.8 Å². The molecule has 0 spiro atoms. The molecule has 1 amide bonds. The van der Waals surface area contributed by atoms with Crippen molar-refractivity contribution < 1.29 is 9.59 Å². The number of aliphatic imine (C=N–C) groups is 1. The van der Waals surface area contributed by atoms with Gasteiger partial charge in [0.15, 0.2) is 0 Å². The summed E-state index contributed by atoms with van der Waals surface area (Å²) < 4.78 is 0. The minimum atomic E-state index is -0.0529. The van der Waals surface area contributed by atoms with E-state index in [1.807, 2.05) is 0 Å². The minimum absolute atomic E-state index is 0.0529. The molecule has 0 aliphatic heterocycles. The first kappa shape index (κ1) is 12.7. The molecular formula is C13H12N2O2. The quantitative estimate of drug-likeness (QED) is 0.369. The summed E-state index contributed by atoms with van der Waals surface area (Å²) >= 11 is 0. The van der Waals surface area contributed by atoms with E-state index in [0.717, 1.165) is 5.56 Å². The number of carbonyl (C=O) groups excluding carboxylic acids is 2. The van der Waals surface area contributed by atoms with Gasteiger partial charge < -0.3 is 5.32 Å². The Morgan fingerprint density at radius 3 is 2.65 bits per heavy atom. The van der Waals surface area contributed by atoms with Crippen LogP contribution in [0.2, 0.25) is 0 Å². The van der Waals surface area contributed by atoms with E-state index in [2.05, 4.69) is 22.2 Å². The molecule has 0 aromatic heterocycles. The molecule has 1 aromatic rings. The summed E-state index contributed by atoms with van der Waals surface area (Å²) in [7, 11) is 0. The summed E-state index contributed by atoms with van der Waals surface area (Å²) in [5.41, 5.74) is 1.40. The molecule has 0 aliphatic carbocycles. The summed E-state index contributed by atoms with van der Waals surface area (Å²) in [6, 6.07) is 6.95. The second-order valence-corrected chi connectivity index (χ2v) is 3.28. The molecule has 1 rings (SSSR count). The lowest BCUT2D eigenvalue weighted by Crippen LogP contribution is -2.20. The minimum Gasteiger partial charge on any atom is -0.355 e. The fourth-order valence-corrected chi connectivity index (χ4v) is 1.14. The lowest BCUT2D eigenvalue weighted by molar-refractivity contribution is -0.118. The van der Waals surface area contributed by atoms with Crippen molar-refractivity contribution in [3.05, 3.63) is 29.8 Å². The maximum Gasteiger partial charge on any atom is 0.240 e. The molecule has 0 unspecified atom stereocenters. The van der Waals surface area contributed by atoms with Crippen molar-refractivity contribution >= 4 is 17.7 Å². The van der Waals surface area contributed by atoms with Crippen LogP contribution in [0, 0.1) is 11.8 Å². The number of benzene rings is 1. The van der Waals surface area contributed by atoms with E-state index in [0.29, 0.717) is 18.7 Å². The molecule has 0 saturated carbocycles. The maximum absolute atomic E-state index is 10.6. The van der Waals surface area contributed by atoms with Crippen LogP contribution < -0.4 is 5.32 Å². The Balaban J connectivity index is 2.49. The highest BCUT2D eigenvalue weighted by atomic mass is 16.1. The van der Waals surface area contributed by atoms with Crippen LogP contribution in [0.4, 0.5) is 5.69 Å². The number of hydrogen-bond acceptors (Lipinski definition) is 3. The molecule has 4 nitrogen and oxygen atoms in total. The summed E-state index contributed by atoms with van der Waals surface area (Å²) in [4.78, 5) is 24.1. The number of nitrogens with one attached hydrogen (secondary N) is 1. The fourth-order valence-electron chi connectivity index (χ4n) is 1.14. The van der Waals surface area contributed by atoms with Crippen LogP contribution in [0.5, 0.6) is 0 Å². The topological polar surface area (TPSA) is 58.5 Å². The van der Waals surface area contributed by atoms with Crippen LogP contribution in [0.15, 0.2) is 29.3 Å². The third-order valence-electron chi connectivity index (χ3n) is 1.90. The van der Waals surface area contributed by atoms with E-state index in [-0.39, 0.29) is 5.91 Å². The van der Waals surface area contributed by atoms with Gasteiger partial charge >= 0.3 is 0 Å². The lowest BCUT2D eigenvalue weighted by atomic mass is 10.2. The van der Waals surface area contributed by atoms with Gasteiger partial charge in [0.05, 0.1) is 5.69 Å². The number of carbonyl (C=O) groups is 1. The highest BCUT2D eigenvalue weighted by molar-refractivity contribution is 5.72. The average molecular weight is 228 g/mol. The molecule has 1 N–H and O–H groups in total. The third kappa shape index (κ3) is 5.31. The number of isocyanates is 1. The van der Waals surface area contributed by atoms with E-state index < -0.39 is 0 Å². The molecule has 0 aliphatic rings. The Morgan fingerprint density at radius 1 is 1.35 bits per heavy atom. The highest BCUT2D eigenvalue weighted by Gasteiger charge is 1.89. The van der Waals surface area contributed by atoms with E-state index in [1.165, 1.54) is 13.0 Å². The molecule has 0 fully saturated rings. The van der Waals surface area contributed by atoms with Crippen molar-refractivity contribution in [2.75, 3.05) is 6.54 Å². The largest absolute Gasteiger partial charge is 0.355 e. The van der Waals surface area contributed by atoms with Crippen molar-refractivity contribution in [3.63, 3.8) is 0 Å². The first-order valence-corrected chi connectivity index (χ1v) is 5.13. The van der Waals surface area contributed by atoms with E-state index >= 15 is 0 Å². The number of rotatable bonds is 3. The molecule has 86 valence electrons. The van der Waals surface area contributed by atoms with Gasteiger partial charge in [0.1, 0.15) is 0 Å². The van der Waals surface area contributed by atoms with Gasteiger partial charge in [-0.1, -0.05) is 11.8 Å². The predicted octanol–water partition coefficient (Wildman–Crippen LogP) is 1.53. The van der Waals surface area contributed by atoms with Gasteiger partial charge in [0.2, 0.25) is 12.0 Å². The number of hydrogen-bond donors (Lipinski definition) is 1. The zero-order valence-electron chi connectivity index (χ0n) is 9.49. The second kappa shape index (κ2) is 7.00. The zero-order valence-corrected chi connectivity index (χ0v) is 9.49. The Kier molecular flexibility index (Phi) is 5.23. The molecule has 4 heteroatoms. The van der Waals surface area contributed by atoms with Crippen LogP contribution in [0.1, 0.15) is 18.9 Å². The second-order valence-electron chi connectivity index (χ2n) is 3.28. The summed E-state index contributed by atoms with van der Waals surface area (Å²) in [5.74, 6) is 5.83. The number of amides is 1. The van der Waals surface area contributed by atoms with Crippen molar-refractivity contribution in [2.45, 2.75) is 13.3 Å². The predicted molar refractivity (Wildman–Crippen MR) is 64.4 cm³/mol. The van der Waals surface area contributed by atoms with Crippen LogP contribution in [-0.4, -0.2) is 18.5 Å². The zero-order chi connectivity index (χ0) is 12.5. The first-order valence-electron chi connectivity index (χ1n) is 5.13. The molecule has 17 heavy (non-hydrogen) atoms. The SMILES string of the molecule is CC(=O)NCCC#Cc1ccc(N=C=O)cc1. The molecule has 0 atom stereocenters. The highest BCUT2D eigenvalue weighted by Crippen LogP contribution is 2.11. The van der Waals surface area contributed by atoms with Crippen molar-refractivity contribution in [2.24, 2.45) is 4.99 Å². The number of nitrogens with zero attached hydrogens (tertiary/aromatic N) is 1. The van der Waals surface area contributed by atoms with E-state index in [9.17, 15) is 9.59 Å². The van der Waals surface area contributed by atoms with Crippen molar-refractivity contribution in [1.29, 1.82) is 0 Å². The van der Waals surface area contributed by atoms with Crippen LogP contribution in [0.3, 0.4) is 0 Å². The van der Waals surface area contributed by atoms with Crippen LogP contribution in [0.25, 0.3) is 0 Å². The summed E-state index contributed by atoms with van der Waals surface area (Å²) in [6.45, 7) is 2.02. The normalized spacial score (nSPS) is 8.53. The standard InChI is InChI=1S/C13H12N2O2/c1-11(17)14-9-3-2-4-12-5-7-13(8-6-12)15-10-16/h5-8H,3,9H2,1H3,(H,14,17). The van der Waals surface area contributed by atoms with Gasteiger partial charge in [-0.2, -0.15) is 4.99 Å². The molecule has 0 radical (unpaired) electrons. The monoisotopic (exact) mass is 228 g/mol. The van der Waals surface area contributed by atoms with Crippen molar-refractivity contribution in [1.82, 2.24) is 5.32 Å². The lowest BCUT2D eigenvalue weighted by Gasteiger charge is -1.95. The molecule has 0 bridgehead atoms. The van der Waals surface area contributed by atoms with Gasteiger partial charge in [-0.3, -0.25) is 4.79 Å². The van der Waals surface area contributed by atoms with Gasteiger partial charge in [-0.25, -0.2) is 4.79 Å². The first-order chi connectivity index (χ1) is 8.22. The fraction of sp³-hybridized carbons (Fsp3) is 0.231. The summed E-state index contributed by atoms with van der Waals surface area (Å²) in [6.07, 6.45) is 2.08. The molecular weight excluding hydrogens is 216 g/mol. The van der Waals surface area contributed by atoms with Gasteiger partial charge in [-0.15, -0.1) is 0 Å². The van der Waals surface area contributed by atoms with Gasteiger partial charge in [0, 0.05) is 25.5 Å². The summed E-state index contributed by atoms with van der Waals surface area (Å²) in [5, 5.41) is 2.66. The van der Waals surface area contributed by atoms with Crippen LogP contribution in [-0.2, 0) is 9.59 Å². The molecule has 0 saturated heterocycles. The average Bonchev–Trinajstić information content (AvgIpc) is 2.31. The Labute approximate surface area is 99.8 Å². The third-order valence-corrected chi connectivity index (χ3v) is 1.90. The Hall–Kier alpha value is -2.37.